The normalized spacial score (nSPS) is 13.0. The van der Waals surface area contributed by atoms with Crippen molar-refractivity contribution in [2.45, 2.75) is 33.7 Å². The first-order valence-electron chi connectivity index (χ1n) is 5.54. The fourth-order valence-electron chi connectivity index (χ4n) is 1.25. The molecule has 0 aliphatic heterocycles. The number of hydrogen-bond donors (Lipinski definition) is 1. The molecule has 0 unspecified atom stereocenters. The van der Waals surface area contributed by atoms with Crippen LogP contribution in [0.4, 0.5) is 0 Å². The van der Waals surface area contributed by atoms with E-state index < -0.39 is 22.7 Å². The molecule has 6 nitrogen and oxygen atoms in total. The highest BCUT2D eigenvalue weighted by molar-refractivity contribution is 7.86. The lowest BCUT2D eigenvalue weighted by atomic mass is 10.2. The van der Waals surface area contributed by atoms with Crippen LogP contribution >= 0.6 is 0 Å². The molecule has 0 heterocycles. The van der Waals surface area contributed by atoms with Crippen LogP contribution in [0.5, 0.6) is 0 Å². The Morgan fingerprint density at radius 1 is 1.24 bits per heavy atom. The van der Waals surface area contributed by atoms with Crippen molar-refractivity contribution in [1.82, 2.24) is 8.61 Å². The van der Waals surface area contributed by atoms with E-state index in [1.165, 1.54) is 11.4 Å². The minimum Gasteiger partial charge on any atom is -0.480 e. The second-order valence-electron chi connectivity index (χ2n) is 4.70. The summed E-state index contributed by atoms with van der Waals surface area (Å²) in [5, 5.41) is 8.76. The Bertz CT molecular complexity index is 351. The number of carboxylic acids is 1. The molecule has 7 heteroatoms. The number of carbonyl (C=O) groups is 1. The molecule has 0 fully saturated rings. The summed E-state index contributed by atoms with van der Waals surface area (Å²) in [5.74, 6) is -1.07. The van der Waals surface area contributed by atoms with Gasteiger partial charge < -0.3 is 5.11 Å². The zero-order valence-electron chi connectivity index (χ0n) is 11.0. The molecule has 0 aromatic rings. The van der Waals surface area contributed by atoms with E-state index in [2.05, 4.69) is 0 Å². The highest BCUT2D eigenvalue weighted by atomic mass is 32.2. The van der Waals surface area contributed by atoms with Crippen molar-refractivity contribution in [3.8, 4) is 0 Å². The molecule has 0 aliphatic carbocycles. The number of carboxylic acid groups (broad SMARTS) is 1. The summed E-state index contributed by atoms with van der Waals surface area (Å²) in [7, 11) is -2.25. The van der Waals surface area contributed by atoms with Gasteiger partial charge in [0.2, 0.25) is 0 Å². The summed E-state index contributed by atoms with van der Waals surface area (Å²) < 4.78 is 26.4. The number of aliphatic carboxylic acids is 1. The number of hydrogen-bond acceptors (Lipinski definition) is 3. The van der Waals surface area contributed by atoms with Crippen LogP contribution in [0.25, 0.3) is 0 Å². The van der Waals surface area contributed by atoms with Crippen LogP contribution in [0.3, 0.4) is 0 Å². The zero-order chi connectivity index (χ0) is 13.8. The van der Waals surface area contributed by atoms with Crippen molar-refractivity contribution < 1.29 is 18.3 Å². The van der Waals surface area contributed by atoms with Crippen molar-refractivity contribution in [3.05, 3.63) is 0 Å². The predicted octanol–water partition coefficient (Wildman–Crippen LogP) is 0.614. The average Bonchev–Trinajstić information content (AvgIpc) is 2.13. The van der Waals surface area contributed by atoms with Gasteiger partial charge in [0.05, 0.1) is 0 Å². The highest BCUT2D eigenvalue weighted by Crippen LogP contribution is 2.12. The molecule has 0 rings (SSSR count). The van der Waals surface area contributed by atoms with Gasteiger partial charge in [0, 0.05) is 19.6 Å². The smallest absolute Gasteiger partial charge is 0.318 e. The maximum atomic E-state index is 12.1. The van der Waals surface area contributed by atoms with E-state index in [1.54, 1.807) is 13.8 Å². The summed E-state index contributed by atoms with van der Waals surface area (Å²) in [4.78, 5) is 10.7. The van der Waals surface area contributed by atoms with E-state index in [0.29, 0.717) is 0 Å². The van der Waals surface area contributed by atoms with E-state index in [0.717, 1.165) is 4.31 Å². The molecule has 17 heavy (non-hydrogen) atoms. The van der Waals surface area contributed by atoms with Crippen LogP contribution in [0.15, 0.2) is 0 Å². The molecule has 0 saturated carbocycles. The Morgan fingerprint density at radius 2 is 1.71 bits per heavy atom. The van der Waals surface area contributed by atoms with Gasteiger partial charge in [-0.2, -0.15) is 17.0 Å². The van der Waals surface area contributed by atoms with Crippen molar-refractivity contribution in [2.24, 2.45) is 5.92 Å². The maximum Gasteiger partial charge on any atom is 0.318 e. The maximum absolute atomic E-state index is 12.1. The second-order valence-corrected chi connectivity index (χ2v) is 6.69. The third-order valence-electron chi connectivity index (χ3n) is 2.30. The van der Waals surface area contributed by atoms with Crippen molar-refractivity contribution in [1.29, 1.82) is 0 Å². The summed E-state index contributed by atoms with van der Waals surface area (Å²) in [6.07, 6.45) is 0. The second kappa shape index (κ2) is 6.32. The quantitative estimate of drug-likeness (QED) is 0.732. The highest BCUT2D eigenvalue weighted by Gasteiger charge is 2.30. The lowest BCUT2D eigenvalue weighted by Crippen LogP contribution is -2.47. The molecule has 0 saturated heterocycles. The summed E-state index contributed by atoms with van der Waals surface area (Å²) in [6, 6.07) is -0.205. The predicted molar refractivity (Wildman–Crippen MR) is 65.9 cm³/mol. The van der Waals surface area contributed by atoms with Gasteiger partial charge in [0.25, 0.3) is 10.2 Å². The fourth-order valence-corrected chi connectivity index (χ4v) is 2.90. The Hall–Kier alpha value is -0.660. The third kappa shape index (κ3) is 5.01. The van der Waals surface area contributed by atoms with E-state index in [-0.39, 0.29) is 18.5 Å². The summed E-state index contributed by atoms with van der Waals surface area (Å²) in [5.41, 5.74) is 0. The van der Waals surface area contributed by atoms with Crippen LogP contribution in [0, 0.1) is 5.92 Å². The van der Waals surface area contributed by atoms with Gasteiger partial charge in [-0.05, 0) is 19.8 Å². The van der Waals surface area contributed by atoms with Gasteiger partial charge in [-0.25, -0.2) is 0 Å². The molecular formula is C10H22N2O4S. The van der Waals surface area contributed by atoms with Gasteiger partial charge in [0.15, 0.2) is 0 Å². The molecule has 0 amide bonds. The molecule has 1 N–H and O–H groups in total. The van der Waals surface area contributed by atoms with Gasteiger partial charge in [-0.1, -0.05) is 13.8 Å². The van der Waals surface area contributed by atoms with Crippen LogP contribution in [0.2, 0.25) is 0 Å². The first-order valence-corrected chi connectivity index (χ1v) is 6.93. The van der Waals surface area contributed by atoms with Crippen molar-refractivity contribution in [3.63, 3.8) is 0 Å². The van der Waals surface area contributed by atoms with Gasteiger partial charge in [-0.15, -0.1) is 0 Å². The van der Waals surface area contributed by atoms with E-state index >= 15 is 0 Å². The topological polar surface area (TPSA) is 77.9 Å². The fraction of sp³-hybridized carbons (Fsp3) is 0.900. The minimum absolute atomic E-state index is 0.0738. The monoisotopic (exact) mass is 266 g/mol. The van der Waals surface area contributed by atoms with Crippen molar-refractivity contribution in [2.75, 3.05) is 20.1 Å². The van der Waals surface area contributed by atoms with E-state index in [9.17, 15) is 13.2 Å². The van der Waals surface area contributed by atoms with Crippen LogP contribution in [-0.2, 0) is 15.0 Å². The van der Waals surface area contributed by atoms with Crippen LogP contribution < -0.4 is 0 Å². The zero-order valence-corrected chi connectivity index (χ0v) is 11.9. The molecule has 0 aromatic carbocycles. The lowest BCUT2D eigenvalue weighted by molar-refractivity contribution is -0.137. The molecule has 0 radical (unpaired) electrons. The molecule has 0 spiro atoms. The van der Waals surface area contributed by atoms with E-state index in [4.69, 9.17) is 5.11 Å². The molecule has 0 aliphatic rings. The molecule has 0 aromatic heterocycles. The Morgan fingerprint density at radius 3 is 2.00 bits per heavy atom. The molecular weight excluding hydrogens is 244 g/mol. The standard InChI is InChI=1S/C10H22N2O4S/c1-8(2)6-12(7-10(13)14)17(15,16)11(5)9(3)4/h8-9H,6-7H2,1-5H3,(H,13,14). The first-order chi connectivity index (χ1) is 7.59. The average molecular weight is 266 g/mol. The summed E-state index contributed by atoms with van der Waals surface area (Å²) >= 11 is 0. The largest absolute Gasteiger partial charge is 0.480 e. The summed E-state index contributed by atoms with van der Waals surface area (Å²) in [6.45, 7) is 6.88. The van der Waals surface area contributed by atoms with E-state index in [1.807, 2.05) is 13.8 Å². The Labute approximate surface area is 103 Å². The molecule has 0 bridgehead atoms. The minimum atomic E-state index is -3.70. The molecule has 0 atom stereocenters. The first kappa shape index (κ1) is 16.3. The number of nitrogens with zero attached hydrogens (tertiary/aromatic N) is 2. The van der Waals surface area contributed by atoms with Gasteiger partial charge >= 0.3 is 5.97 Å². The number of rotatable bonds is 7. The Kier molecular flexibility index (Phi) is 6.08. The van der Waals surface area contributed by atoms with Crippen LogP contribution in [-0.4, -0.2) is 54.3 Å². The van der Waals surface area contributed by atoms with Gasteiger partial charge in [-0.3, -0.25) is 4.79 Å². The SMILES string of the molecule is CC(C)CN(CC(=O)O)S(=O)(=O)N(C)C(C)C. The third-order valence-corrected chi connectivity index (χ3v) is 4.38. The van der Waals surface area contributed by atoms with Crippen molar-refractivity contribution >= 4 is 16.2 Å². The van der Waals surface area contributed by atoms with Crippen LogP contribution in [0.1, 0.15) is 27.7 Å². The Balaban J connectivity index is 5.08. The molecule has 102 valence electrons. The van der Waals surface area contributed by atoms with Gasteiger partial charge in [0.1, 0.15) is 6.54 Å². The lowest BCUT2D eigenvalue weighted by Gasteiger charge is -2.29.